The third kappa shape index (κ3) is 8.34. The van der Waals surface area contributed by atoms with Crippen molar-refractivity contribution >= 4 is 32.3 Å². The molecule has 0 aliphatic rings. The van der Waals surface area contributed by atoms with Crippen LogP contribution in [0.15, 0.2) is 30.3 Å². The molecule has 9 heteroatoms. The maximum Gasteiger partial charge on any atom is 0.355 e. The molecule has 1 heterocycles. The Morgan fingerprint density at radius 1 is 1.00 bits per heavy atom. The molecule has 1 N–H and O–H groups in total. The molecule has 0 saturated heterocycles. The highest BCUT2D eigenvalue weighted by molar-refractivity contribution is 6.76. The van der Waals surface area contributed by atoms with Crippen LogP contribution in [-0.2, 0) is 43.2 Å². The van der Waals surface area contributed by atoms with E-state index in [1.165, 1.54) is 7.11 Å². The van der Waals surface area contributed by atoms with Crippen LogP contribution in [0.2, 0.25) is 25.7 Å². The van der Waals surface area contributed by atoms with Crippen LogP contribution in [0.5, 0.6) is 0 Å². The van der Waals surface area contributed by atoms with Gasteiger partial charge in [-0.2, -0.15) is 0 Å². The van der Waals surface area contributed by atoms with Gasteiger partial charge in [0.1, 0.15) is 12.3 Å². The van der Waals surface area contributed by atoms with Crippen LogP contribution in [0.3, 0.4) is 0 Å². The van der Waals surface area contributed by atoms with Crippen molar-refractivity contribution in [2.75, 3.05) is 13.7 Å². The van der Waals surface area contributed by atoms with E-state index >= 15 is 0 Å². The van der Waals surface area contributed by atoms with Crippen LogP contribution in [0.4, 0.5) is 0 Å². The van der Waals surface area contributed by atoms with E-state index in [4.69, 9.17) is 14.2 Å². The number of benzene rings is 1. The third-order valence-corrected chi connectivity index (χ3v) is 6.73. The van der Waals surface area contributed by atoms with Gasteiger partial charge < -0.3 is 19.2 Å². The number of carbonyl (C=O) groups excluding carboxylic acids is 4. The highest BCUT2D eigenvalue weighted by Crippen LogP contribution is 2.23. The highest BCUT2D eigenvalue weighted by Gasteiger charge is 2.26. The van der Waals surface area contributed by atoms with Gasteiger partial charge in [-0.25, -0.2) is 4.79 Å². The van der Waals surface area contributed by atoms with Crippen molar-refractivity contribution in [3.63, 3.8) is 0 Å². The van der Waals surface area contributed by atoms with Gasteiger partial charge in [-0.15, -0.1) is 0 Å². The Morgan fingerprint density at radius 2 is 1.70 bits per heavy atom. The second-order valence-electron chi connectivity index (χ2n) is 8.83. The highest BCUT2D eigenvalue weighted by atomic mass is 28.3. The van der Waals surface area contributed by atoms with E-state index < -0.39 is 26.0 Å². The molecule has 0 amide bonds. The van der Waals surface area contributed by atoms with E-state index in [1.54, 1.807) is 0 Å². The predicted molar refractivity (Wildman–Crippen MR) is 125 cm³/mol. The fourth-order valence-electron chi connectivity index (χ4n) is 3.14. The summed E-state index contributed by atoms with van der Waals surface area (Å²) in [6.45, 7) is 6.87. The number of rotatable bonds is 12. The van der Waals surface area contributed by atoms with Crippen LogP contribution >= 0.6 is 0 Å². The first-order valence-electron chi connectivity index (χ1n) is 10.8. The molecule has 2 rings (SSSR count). The molecule has 0 fully saturated rings. The van der Waals surface area contributed by atoms with Crippen molar-refractivity contribution in [1.29, 1.82) is 0 Å². The number of nitrogens with one attached hydrogen (secondary N) is 1. The minimum Gasteiger partial charge on any atom is -0.469 e. The van der Waals surface area contributed by atoms with Crippen molar-refractivity contribution in [2.24, 2.45) is 0 Å². The zero-order valence-corrected chi connectivity index (χ0v) is 20.6. The lowest BCUT2D eigenvalue weighted by atomic mass is 10.0. The summed E-state index contributed by atoms with van der Waals surface area (Å²) in [5.74, 6) is -1.66. The van der Waals surface area contributed by atoms with E-state index in [2.05, 4.69) is 24.6 Å². The Labute approximate surface area is 194 Å². The van der Waals surface area contributed by atoms with Crippen LogP contribution in [-0.4, -0.2) is 51.0 Å². The summed E-state index contributed by atoms with van der Waals surface area (Å²) in [6.07, 6.45) is 0.423. The summed E-state index contributed by atoms with van der Waals surface area (Å²) in [7, 11) is -0.108. The summed E-state index contributed by atoms with van der Waals surface area (Å²) in [5, 5.41) is 0. The molecule has 1 aromatic heterocycles. The Balaban J connectivity index is 2.24. The number of ether oxygens (including phenoxy) is 3. The molecule has 0 saturated carbocycles. The average Bonchev–Trinajstić information content (AvgIpc) is 3.12. The lowest BCUT2D eigenvalue weighted by molar-refractivity contribution is -0.142. The molecular weight excluding hydrogens is 442 g/mol. The molecule has 0 atom stereocenters. The van der Waals surface area contributed by atoms with E-state index in [9.17, 15) is 19.2 Å². The Hall–Kier alpha value is -3.20. The number of H-pyrrole nitrogens is 1. The van der Waals surface area contributed by atoms with Crippen molar-refractivity contribution in [3.8, 4) is 0 Å². The minimum atomic E-state index is -1.37. The van der Waals surface area contributed by atoms with Gasteiger partial charge in [-0.05, 0) is 29.2 Å². The van der Waals surface area contributed by atoms with E-state index in [-0.39, 0.29) is 37.3 Å². The Morgan fingerprint density at radius 3 is 2.30 bits per heavy atom. The van der Waals surface area contributed by atoms with E-state index in [1.807, 2.05) is 30.3 Å². The molecule has 0 aliphatic heterocycles. The molecular formula is C24H31NO7Si. The third-order valence-electron chi connectivity index (χ3n) is 5.03. The quantitative estimate of drug-likeness (QED) is 0.216. The summed E-state index contributed by atoms with van der Waals surface area (Å²) < 4.78 is 15.4. The normalized spacial score (nSPS) is 11.0. The number of aldehydes is 1. The first kappa shape index (κ1) is 26.1. The largest absolute Gasteiger partial charge is 0.469 e. The van der Waals surface area contributed by atoms with E-state index in [0.717, 1.165) is 11.6 Å². The smallest absolute Gasteiger partial charge is 0.355 e. The molecule has 8 nitrogen and oxygen atoms in total. The maximum atomic E-state index is 12.8. The van der Waals surface area contributed by atoms with Crippen LogP contribution in [0, 0.1) is 0 Å². The van der Waals surface area contributed by atoms with Gasteiger partial charge in [-0.1, -0.05) is 50.0 Å². The SMILES string of the molecule is COC(=O)CCc1c(C(=O)OCc2ccccc2)[nH]c(C=O)c1CC(=O)OCC[Si](C)(C)C. The van der Waals surface area contributed by atoms with Crippen LogP contribution in [0.25, 0.3) is 0 Å². The monoisotopic (exact) mass is 473 g/mol. The molecule has 0 aliphatic carbocycles. The van der Waals surface area contributed by atoms with Gasteiger partial charge in [0.2, 0.25) is 0 Å². The van der Waals surface area contributed by atoms with Crippen LogP contribution in [0.1, 0.15) is 44.1 Å². The Bertz CT molecular complexity index is 977. The molecule has 1 aromatic carbocycles. The lowest BCUT2D eigenvalue weighted by Gasteiger charge is -2.15. The summed E-state index contributed by atoms with van der Waals surface area (Å²) in [4.78, 5) is 51.4. The van der Waals surface area contributed by atoms with Gasteiger partial charge in [0, 0.05) is 14.5 Å². The van der Waals surface area contributed by atoms with Crippen molar-refractivity contribution in [1.82, 2.24) is 4.98 Å². The van der Waals surface area contributed by atoms with Gasteiger partial charge in [-0.3, -0.25) is 14.4 Å². The maximum absolute atomic E-state index is 12.8. The first-order chi connectivity index (χ1) is 15.6. The lowest BCUT2D eigenvalue weighted by Crippen LogP contribution is -2.23. The van der Waals surface area contributed by atoms with Gasteiger partial charge in [0.05, 0.1) is 25.8 Å². The zero-order valence-electron chi connectivity index (χ0n) is 19.6. The summed E-state index contributed by atoms with van der Waals surface area (Å²) >= 11 is 0. The van der Waals surface area contributed by atoms with Crippen molar-refractivity contribution in [3.05, 3.63) is 58.4 Å². The second kappa shape index (κ2) is 12.1. The first-order valence-corrected chi connectivity index (χ1v) is 14.5. The summed E-state index contributed by atoms with van der Waals surface area (Å²) in [5.41, 5.74) is 1.64. The van der Waals surface area contributed by atoms with Gasteiger partial charge in [0.25, 0.3) is 0 Å². The Kier molecular flexibility index (Phi) is 9.59. The topological polar surface area (TPSA) is 112 Å². The number of carbonyl (C=O) groups is 4. The second-order valence-corrected chi connectivity index (χ2v) is 14.5. The molecule has 0 bridgehead atoms. The molecule has 33 heavy (non-hydrogen) atoms. The number of methoxy groups -OCH3 is 1. The number of hydrogen-bond acceptors (Lipinski definition) is 7. The van der Waals surface area contributed by atoms with Gasteiger partial charge in [0.15, 0.2) is 6.29 Å². The van der Waals surface area contributed by atoms with Gasteiger partial charge >= 0.3 is 17.9 Å². The fraction of sp³-hybridized carbons (Fsp3) is 0.417. The summed E-state index contributed by atoms with van der Waals surface area (Å²) in [6, 6.07) is 9.97. The minimum absolute atomic E-state index is 0.0245. The van der Waals surface area contributed by atoms with E-state index in [0.29, 0.717) is 24.0 Å². The average molecular weight is 474 g/mol. The zero-order chi connectivity index (χ0) is 24.4. The fourth-order valence-corrected chi connectivity index (χ4v) is 3.86. The van der Waals surface area contributed by atoms with Crippen molar-refractivity contribution < 1.29 is 33.4 Å². The van der Waals surface area contributed by atoms with Crippen molar-refractivity contribution in [2.45, 2.75) is 51.6 Å². The molecule has 0 spiro atoms. The number of hydrogen-bond donors (Lipinski definition) is 1. The number of aromatic amines is 1. The molecule has 0 unspecified atom stereocenters. The standard InChI is InChI=1S/C24H31NO7Si/c1-30-21(27)11-10-18-19(14-22(28)31-12-13-33(2,3)4)20(15-26)25-23(18)24(29)32-16-17-8-6-5-7-9-17/h5-9,15,25H,10-14,16H2,1-4H3. The predicted octanol–water partition coefficient (Wildman–Crippen LogP) is 3.71. The number of aromatic nitrogens is 1. The molecule has 2 aromatic rings. The number of esters is 3. The molecule has 178 valence electrons. The molecule has 0 radical (unpaired) electrons. The van der Waals surface area contributed by atoms with Crippen LogP contribution < -0.4 is 0 Å².